The number of amides is 1. The molecule has 3 rings (SSSR count). The van der Waals surface area contributed by atoms with Crippen LogP contribution in [0.5, 0.6) is 0 Å². The Morgan fingerprint density at radius 3 is 2.92 bits per heavy atom. The number of carbonyl (C=O) groups excluding carboxylic acids is 2. The van der Waals surface area contributed by atoms with Crippen molar-refractivity contribution in [2.75, 3.05) is 20.3 Å². The van der Waals surface area contributed by atoms with Crippen LogP contribution in [0.2, 0.25) is 0 Å². The van der Waals surface area contributed by atoms with Crippen LogP contribution in [0, 0.1) is 0 Å². The van der Waals surface area contributed by atoms with E-state index in [0.717, 1.165) is 30.4 Å². The molecule has 128 valence electrons. The van der Waals surface area contributed by atoms with Gasteiger partial charge in [0.05, 0.1) is 18.8 Å². The number of esters is 1. The molecule has 0 bridgehead atoms. The minimum atomic E-state index is -0.435. The molecule has 6 nitrogen and oxygen atoms in total. The fourth-order valence-corrected chi connectivity index (χ4v) is 3.09. The van der Waals surface area contributed by atoms with Gasteiger partial charge in [-0.05, 0) is 25.8 Å². The summed E-state index contributed by atoms with van der Waals surface area (Å²) in [5, 5.41) is 3.72. The van der Waals surface area contributed by atoms with Crippen LogP contribution >= 0.6 is 0 Å². The number of methoxy groups -OCH3 is 1. The average Bonchev–Trinajstić information content (AvgIpc) is 3.26. The SMILES string of the molecule is COC(=O)c1cn([C@H](C)C(=O)NC[C@H]2CCCO2)c2ccccc12. The van der Waals surface area contributed by atoms with Crippen LogP contribution in [0.4, 0.5) is 0 Å². The Morgan fingerprint density at radius 1 is 1.42 bits per heavy atom. The van der Waals surface area contributed by atoms with Crippen molar-refractivity contribution < 1.29 is 19.1 Å². The quantitative estimate of drug-likeness (QED) is 0.854. The summed E-state index contributed by atoms with van der Waals surface area (Å²) in [7, 11) is 1.35. The highest BCUT2D eigenvalue weighted by Crippen LogP contribution is 2.25. The lowest BCUT2D eigenvalue weighted by molar-refractivity contribution is -0.124. The van der Waals surface area contributed by atoms with E-state index in [-0.39, 0.29) is 12.0 Å². The Morgan fingerprint density at radius 2 is 2.21 bits per heavy atom. The maximum Gasteiger partial charge on any atom is 0.340 e. The lowest BCUT2D eigenvalue weighted by atomic mass is 10.2. The Hall–Kier alpha value is -2.34. The Balaban J connectivity index is 1.82. The molecule has 1 saturated heterocycles. The van der Waals surface area contributed by atoms with Crippen LogP contribution in [0.25, 0.3) is 10.9 Å². The first-order chi connectivity index (χ1) is 11.6. The Bertz CT molecular complexity index is 747. The number of hydrogen-bond donors (Lipinski definition) is 1. The molecule has 0 saturated carbocycles. The van der Waals surface area contributed by atoms with Crippen molar-refractivity contribution in [3.63, 3.8) is 0 Å². The van der Waals surface area contributed by atoms with E-state index in [2.05, 4.69) is 5.32 Å². The number of carbonyl (C=O) groups is 2. The van der Waals surface area contributed by atoms with Gasteiger partial charge in [0.1, 0.15) is 6.04 Å². The summed E-state index contributed by atoms with van der Waals surface area (Å²) in [5.74, 6) is -0.500. The molecule has 1 amide bonds. The summed E-state index contributed by atoms with van der Waals surface area (Å²) in [6.45, 7) is 3.10. The summed E-state index contributed by atoms with van der Waals surface area (Å²) >= 11 is 0. The minimum Gasteiger partial charge on any atom is -0.465 e. The molecule has 24 heavy (non-hydrogen) atoms. The summed E-state index contributed by atoms with van der Waals surface area (Å²) in [6, 6.07) is 7.06. The van der Waals surface area contributed by atoms with E-state index >= 15 is 0 Å². The largest absolute Gasteiger partial charge is 0.465 e. The first-order valence-electron chi connectivity index (χ1n) is 8.19. The molecule has 2 atom stereocenters. The lowest BCUT2D eigenvalue weighted by Crippen LogP contribution is -2.36. The van der Waals surface area contributed by atoms with Gasteiger partial charge in [0, 0.05) is 30.3 Å². The van der Waals surface area contributed by atoms with Gasteiger partial charge in [0.25, 0.3) is 0 Å². The van der Waals surface area contributed by atoms with Crippen molar-refractivity contribution in [1.29, 1.82) is 0 Å². The Kier molecular flexibility index (Phi) is 4.85. The highest BCUT2D eigenvalue weighted by atomic mass is 16.5. The summed E-state index contributed by atoms with van der Waals surface area (Å²) < 4.78 is 12.2. The Labute approximate surface area is 140 Å². The average molecular weight is 330 g/mol. The van der Waals surface area contributed by atoms with Crippen LogP contribution in [0.1, 0.15) is 36.2 Å². The van der Waals surface area contributed by atoms with Crippen molar-refractivity contribution in [1.82, 2.24) is 9.88 Å². The first-order valence-corrected chi connectivity index (χ1v) is 8.19. The smallest absolute Gasteiger partial charge is 0.340 e. The number of hydrogen-bond acceptors (Lipinski definition) is 4. The van der Waals surface area contributed by atoms with Crippen LogP contribution in [0.3, 0.4) is 0 Å². The van der Waals surface area contributed by atoms with Gasteiger partial charge in [-0.15, -0.1) is 0 Å². The van der Waals surface area contributed by atoms with Crippen LogP contribution in [0.15, 0.2) is 30.5 Å². The van der Waals surface area contributed by atoms with Crippen LogP contribution in [-0.4, -0.2) is 42.8 Å². The molecule has 1 aromatic heterocycles. The predicted octanol–water partition coefficient (Wildman–Crippen LogP) is 2.28. The van der Waals surface area contributed by atoms with Crippen molar-refractivity contribution in [3.8, 4) is 0 Å². The maximum atomic E-state index is 12.5. The number of nitrogens with zero attached hydrogens (tertiary/aromatic N) is 1. The molecule has 1 aromatic carbocycles. The number of para-hydroxylation sites is 1. The standard InChI is InChI=1S/C18H22N2O4/c1-12(17(21)19-10-13-6-5-9-24-13)20-11-15(18(22)23-2)14-7-3-4-8-16(14)20/h3-4,7-8,11-13H,5-6,9-10H2,1-2H3,(H,19,21)/t12-,13-/m1/s1. The van der Waals surface area contributed by atoms with Gasteiger partial charge < -0.3 is 19.4 Å². The van der Waals surface area contributed by atoms with Crippen molar-refractivity contribution >= 4 is 22.8 Å². The van der Waals surface area contributed by atoms with E-state index < -0.39 is 12.0 Å². The highest BCUT2D eigenvalue weighted by Gasteiger charge is 2.23. The zero-order valence-electron chi connectivity index (χ0n) is 14.0. The maximum absolute atomic E-state index is 12.5. The van der Waals surface area contributed by atoms with E-state index in [4.69, 9.17) is 9.47 Å². The number of rotatable bonds is 5. The molecule has 6 heteroatoms. The van der Waals surface area contributed by atoms with E-state index in [1.807, 2.05) is 35.8 Å². The normalized spacial score (nSPS) is 18.5. The van der Waals surface area contributed by atoms with Gasteiger partial charge in [-0.1, -0.05) is 18.2 Å². The van der Waals surface area contributed by atoms with Gasteiger partial charge in [-0.25, -0.2) is 4.79 Å². The molecule has 0 spiro atoms. The molecule has 2 heterocycles. The summed E-state index contributed by atoms with van der Waals surface area (Å²) in [5.41, 5.74) is 1.30. The second kappa shape index (κ2) is 7.05. The lowest BCUT2D eigenvalue weighted by Gasteiger charge is -2.17. The van der Waals surface area contributed by atoms with Gasteiger partial charge in [0.15, 0.2) is 0 Å². The first kappa shape index (κ1) is 16.5. The zero-order valence-corrected chi connectivity index (χ0v) is 14.0. The van der Waals surface area contributed by atoms with Crippen molar-refractivity contribution in [3.05, 3.63) is 36.0 Å². The number of benzene rings is 1. The molecular formula is C18H22N2O4. The van der Waals surface area contributed by atoms with Crippen LogP contribution < -0.4 is 5.32 Å². The molecule has 1 fully saturated rings. The molecule has 0 unspecified atom stereocenters. The molecule has 1 aliphatic heterocycles. The molecule has 1 aliphatic rings. The monoisotopic (exact) mass is 330 g/mol. The van der Waals surface area contributed by atoms with E-state index in [9.17, 15) is 9.59 Å². The predicted molar refractivity (Wildman–Crippen MR) is 90.0 cm³/mol. The van der Waals surface area contributed by atoms with E-state index in [0.29, 0.717) is 12.1 Å². The highest BCUT2D eigenvalue weighted by molar-refractivity contribution is 6.04. The number of aromatic nitrogens is 1. The fraction of sp³-hybridized carbons (Fsp3) is 0.444. The van der Waals surface area contributed by atoms with Crippen molar-refractivity contribution in [2.45, 2.75) is 31.9 Å². The second-order valence-electron chi connectivity index (χ2n) is 6.01. The molecule has 2 aromatic rings. The zero-order chi connectivity index (χ0) is 17.1. The third-order valence-electron chi connectivity index (χ3n) is 4.47. The fourth-order valence-electron chi connectivity index (χ4n) is 3.09. The topological polar surface area (TPSA) is 69.6 Å². The number of ether oxygens (including phenoxy) is 2. The molecule has 1 N–H and O–H groups in total. The summed E-state index contributed by atoms with van der Waals surface area (Å²) in [4.78, 5) is 24.5. The molecular weight excluding hydrogens is 308 g/mol. The van der Waals surface area contributed by atoms with Crippen molar-refractivity contribution in [2.24, 2.45) is 0 Å². The molecule has 0 aliphatic carbocycles. The van der Waals surface area contributed by atoms with Gasteiger partial charge in [-0.3, -0.25) is 4.79 Å². The third kappa shape index (κ3) is 3.14. The number of fused-ring (bicyclic) bond motifs is 1. The van der Waals surface area contributed by atoms with Gasteiger partial charge in [0.2, 0.25) is 5.91 Å². The van der Waals surface area contributed by atoms with Gasteiger partial charge in [-0.2, -0.15) is 0 Å². The molecule has 0 radical (unpaired) electrons. The van der Waals surface area contributed by atoms with Crippen LogP contribution in [-0.2, 0) is 14.3 Å². The van der Waals surface area contributed by atoms with E-state index in [1.165, 1.54) is 7.11 Å². The second-order valence-corrected chi connectivity index (χ2v) is 6.01. The van der Waals surface area contributed by atoms with E-state index in [1.54, 1.807) is 6.20 Å². The summed E-state index contributed by atoms with van der Waals surface area (Å²) in [6.07, 6.45) is 3.81. The minimum absolute atomic E-state index is 0.0948. The third-order valence-corrected chi connectivity index (χ3v) is 4.47. The number of nitrogens with one attached hydrogen (secondary N) is 1. The van der Waals surface area contributed by atoms with Gasteiger partial charge >= 0.3 is 5.97 Å².